The molecule has 0 unspecified atom stereocenters. The van der Waals surface area contributed by atoms with Gasteiger partial charge < -0.3 is 0 Å². The fraction of sp³-hybridized carbons (Fsp3) is 0.182. The zero-order chi connectivity index (χ0) is 22.2. The number of benzene rings is 3. The maximum absolute atomic E-state index is 13.6. The Morgan fingerprint density at radius 2 is 1.65 bits per heavy atom. The molecule has 31 heavy (non-hydrogen) atoms. The number of sulfonamides is 2. The van der Waals surface area contributed by atoms with E-state index in [1.54, 1.807) is 55.5 Å². The lowest BCUT2D eigenvalue weighted by Crippen LogP contribution is -2.36. The predicted octanol–water partition coefficient (Wildman–Crippen LogP) is 3.68. The quantitative estimate of drug-likeness (QED) is 0.630. The molecule has 4 rings (SSSR count). The molecule has 1 aliphatic rings. The van der Waals surface area contributed by atoms with Gasteiger partial charge in [0.1, 0.15) is 5.82 Å². The van der Waals surface area contributed by atoms with Gasteiger partial charge in [0.25, 0.3) is 10.0 Å². The van der Waals surface area contributed by atoms with Gasteiger partial charge in [-0.25, -0.2) is 21.2 Å². The minimum atomic E-state index is -4.00. The van der Waals surface area contributed by atoms with Crippen LogP contribution in [0.5, 0.6) is 0 Å². The van der Waals surface area contributed by atoms with Crippen LogP contribution in [-0.2, 0) is 33.0 Å². The summed E-state index contributed by atoms with van der Waals surface area (Å²) in [7, 11) is -7.65. The van der Waals surface area contributed by atoms with Crippen LogP contribution in [0.2, 0.25) is 0 Å². The molecule has 0 radical (unpaired) electrons. The SMILES string of the molecule is Cc1ccc(F)cc1S(=O)(=O)Nc1ccc2c(c1)CN(S(=O)(=O)c1ccccc1)CC2. The second-order valence-corrected chi connectivity index (χ2v) is 11.0. The predicted molar refractivity (Wildman–Crippen MR) is 116 cm³/mol. The summed E-state index contributed by atoms with van der Waals surface area (Å²) >= 11 is 0. The molecule has 1 heterocycles. The summed E-state index contributed by atoms with van der Waals surface area (Å²) in [6, 6.07) is 16.8. The monoisotopic (exact) mass is 460 g/mol. The van der Waals surface area contributed by atoms with E-state index in [0.29, 0.717) is 24.2 Å². The molecule has 6 nitrogen and oxygen atoms in total. The Balaban J connectivity index is 1.61. The Kier molecular flexibility index (Phi) is 5.59. The van der Waals surface area contributed by atoms with E-state index in [9.17, 15) is 21.2 Å². The van der Waals surface area contributed by atoms with Crippen LogP contribution in [0.15, 0.2) is 76.5 Å². The van der Waals surface area contributed by atoms with Crippen molar-refractivity contribution in [2.24, 2.45) is 0 Å². The number of halogens is 1. The maximum atomic E-state index is 13.6. The third kappa shape index (κ3) is 4.34. The van der Waals surface area contributed by atoms with Crippen LogP contribution < -0.4 is 4.72 Å². The fourth-order valence-corrected chi connectivity index (χ4v) is 6.36. The standard InChI is InChI=1S/C22H21FN2O4S2/c1-16-7-9-19(23)14-22(16)30(26,27)24-20-10-8-17-11-12-25(15-18(17)13-20)31(28,29)21-5-3-2-4-6-21/h2-10,13-14,24H,11-12,15H2,1H3. The summed E-state index contributed by atoms with van der Waals surface area (Å²) in [4.78, 5) is 0.0791. The molecule has 0 aromatic heterocycles. The Hall–Kier alpha value is -2.75. The lowest BCUT2D eigenvalue weighted by Gasteiger charge is -2.28. The molecule has 0 amide bonds. The van der Waals surface area contributed by atoms with Crippen molar-refractivity contribution in [1.82, 2.24) is 4.31 Å². The van der Waals surface area contributed by atoms with Gasteiger partial charge in [0.05, 0.1) is 9.79 Å². The minimum Gasteiger partial charge on any atom is -0.280 e. The summed E-state index contributed by atoms with van der Waals surface area (Å²) in [6.07, 6.45) is 0.525. The van der Waals surface area contributed by atoms with Gasteiger partial charge in [-0.15, -0.1) is 0 Å². The van der Waals surface area contributed by atoms with E-state index < -0.39 is 25.9 Å². The lowest BCUT2D eigenvalue weighted by molar-refractivity contribution is 0.391. The van der Waals surface area contributed by atoms with E-state index in [-0.39, 0.29) is 16.3 Å². The van der Waals surface area contributed by atoms with Gasteiger partial charge in [-0.1, -0.05) is 30.3 Å². The highest BCUT2D eigenvalue weighted by Crippen LogP contribution is 2.28. The number of nitrogens with one attached hydrogen (secondary N) is 1. The topological polar surface area (TPSA) is 83.6 Å². The first kappa shape index (κ1) is 21.5. The first-order valence-electron chi connectivity index (χ1n) is 9.63. The molecule has 3 aromatic carbocycles. The van der Waals surface area contributed by atoms with Crippen molar-refractivity contribution in [3.8, 4) is 0 Å². The number of rotatable bonds is 5. The molecular formula is C22H21FN2O4S2. The Bertz CT molecular complexity index is 1340. The molecule has 1 N–H and O–H groups in total. The third-order valence-corrected chi connectivity index (χ3v) is 8.64. The van der Waals surface area contributed by atoms with Crippen LogP contribution in [0.4, 0.5) is 10.1 Å². The molecule has 162 valence electrons. The Morgan fingerprint density at radius 3 is 2.39 bits per heavy atom. The molecule has 0 atom stereocenters. The second-order valence-electron chi connectivity index (χ2n) is 7.40. The van der Waals surface area contributed by atoms with E-state index in [1.807, 2.05) is 0 Å². The normalized spacial score (nSPS) is 14.8. The number of hydrogen-bond acceptors (Lipinski definition) is 4. The van der Waals surface area contributed by atoms with E-state index in [0.717, 1.165) is 17.2 Å². The summed E-state index contributed by atoms with van der Waals surface area (Å²) < 4.78 is 68.9. The van der Waals surface area contributed by atoms with Crippen LogP contribution in [0, 0.1) is 12.7 Å². The molecular weight excluding hydrogens is 439 g/mol. The van der Waals surface area contributed by atoms with E-state index in [1.165, 1.54) is 16.4 Å². The maximum Gasteiger partial charge on any atom is 0.262 e. The molecule has 0 bridgehead atoms. The third-order valence-electron chi connectivity index (χ3n) is 5.26. The van der Waals surface area contributed by atoms with Gasteiger partial charge in [-0.05, 0) is 66.4 Å². The van der Waals surface area contributed by atoms with Gasteiger partial charge >= 0.3 is 0 Å². The van der Waals surface area contributed by atoms with Gasteiger partial charge in [0.2, 0.25) is 10.0 Å². The van der Waals surface area contributed by atoms with Gasteiger partial charge in [-0.2, -0.15) is 4.31 Å². The summed E-state index contributed by atoms with van der Waals surface area (Å²) in [5, 5.41) is 0. The largest absolute Gasteiger partial charge is 0.280 e. The van der Waals surface area contributed by atoms with Crippen molar-refractivity contribution in [1.29, 1.82) is 0 Å². The first-order valence-corrected chi connectivity index (χ1v) is 12.6. The Morgan fingerprint density at radius 1 is 0.903 bits per heavy atom. The van der Waals surface area contributed by atoms with Crippen LogP contribution in [0.3, 0.4) is 0 Å². The van der Waals surface area contributed by atoms with Gasteiger partial charge in [0, 0.05) is 18.8 Å². The summed E-state index contributed by atoms with van der Waals surface area (Å²) in [5.74, 6) is -0.641. The van der Waals surface area contributed by atoms with Crippen LogP contribution >= 0.6 is 0 Å². The van der Waals surface area contributed by atoms with Crippen molar-refractivity contribution in [3.05, 3.63) is 89.2 Å². The minimum absolute atomic E-state index is 0.140. The van der Waals surface area contributed by atoms with Crippen LogP contribution in [0.1, 0.15) is 16.7 Å². The van der Waals surface area contributed by atoms with Crippen LogP contribution in [0.25, 0.3) is 0 Å². The molecule has 0 fully saturated rings. The highest BCUT2D eigenvalue weighted by molar-refractivity contribution is 7.92. The van der Waals surface area contributed by atoms with Gasteiger partial charge in [0.15, 0.2) is 0 Å². The first-order chi connectivity index (χ1) is 14.7. The van der Waals surface area contributed by atoms with Crippen molar-refractivity contribution < 1.29 is 21.2 Å². The summed E-state index contributed by atoms with van der Waals surface area (Å²) in [5.41, 5.74) is 2.40. The zero-order valence-corrected chi connectivity index (χ0v) is 18.4. The highest BCUT2D eigenvalue weighted by atomic mass is 32.2. The van der Waals surface area contributed by atoms with Crippen molar-refractivity contribution in [2.45, 2.75) is 29.7 Å². The molecule has 0 saturated heterocycles. The molecule has 1 aliphatic heterocycles. The highest BCUT2D eigenvalue weighted by Gasteiger charge is 2.28. The zero-order valence-electron chi connectivity index (χ0n) is 16.7. The van der Waals surface area contributed by atoms with Crippen molar-refractivity contribution in [3.63, 3.8) is 0 Å². The number of anilines is 1. The molecule has 3 aromatic rings. The van der Waals surface area contributed by atoms with Gasteiger partial charge in [-0.3, -0.25) is 4.72 Å². The molecule has 9 heteroatoms. The smallest absolute Gasteiger partial charge is 0.262 e. The fourth-order valence-electron chi connectivity index (χ4n) is 3.61. The molecule has 0 saturated carbocycles. The number of nitrogens with zero attached hydrogens (tertiary/aromatic N) is 1. The van der Waals surface area contributed by atoms with E-state index >= 15 is 0 Å². The second kappa shape index (κ2) is 8.07. The van der Waals surface area contributed by atoms with Crippen molar-refractivity contribution in [2.75, 3.05) is 11.3 Å². The molecule has 0 aliphatic carbocycles. The van der Waals surface area contributed by atoms with Crippen molar-refractivity contribution >= 4 is 25.7 Å². The number of fused-ring (bicyclic) bond motifs is 1. The number of hydrogen-bond donors (Lipinski definition) is 1. The number of aryl methyl sites for hydroxylation is 1. The molecule has 0 spiro atoms. The van der Waals surface area contributed by atoms with Crippen LogP contribution in [-0.4, -0.2) is 27.7 Å². The lowest BCUT2D eigenvalue weighted by atomic mass is 10.0. The summed E-state index contributed by atoms with van der Waals surface area (Å²) in [6.45, 7) is 2.08. The average molecular weight is 461 g/mol. The average Bonchev–Trinajstić information content (AvgIpc) is 2.75. The van der Waals surface area contributed by atoms with E-state index in [4.69, 9.17) is 0 Å². The van der Waals surface area contributed by atoms with E-state index in [2.05, 4.69) is 4.72 Å². The Labute approximate surface area is 181 Å².